The quantitative estimate of drug-likeness (QED) is 0.857. The molecular formula is C10H6BrNO3. The third kappa shape index (κ3) is 1.66. The molecule has 15 heavy (non-hydrogen) atoms. The van der Waals surface area contributed by atoms with Crippen LogP contribution >= 0.6 is 15.9 Å². The standard InChI is InChI=1S/C10H6BrNO3/c11-6-1-3-8-7(10(14)15)2-4-9(13)12(8)5-6/h1-5H,(H,14,15). The summed E-state index contributed by atoms with van der Waals surface area (Å²) >= 11 is 3.22. The summed E-state index contributed by atoms with van der Waals surface area (Å²) in [5.41, 5.74) is 0.247. The fraction of sp³-hybridized carbons (Fsp3) is 0. The van der Waals surface area contributed by atoms with Crippen LogP contribution in [0.2, 0.25) is 0 Å². The summed E-state index contributed by atoms with van der Waals surface area (Å²) in [6.45, 7) is 0. The molecule has 0 atom stereocenters. The van der Waals surface area contributed by atoms with Crippen molar-refractivity contribution in [3.63, 3.8) is 0 Å². The predicted molar refractivity (Wildman–Crippen MR) is 58.3 cm³/mol. The average molecular weight is 268 g/mol. The van der Waals surface area contributed by atoms with Crippen LogP contribution < -0.4 is 5.56 Å². The highest BCUT2D eigenvalue weighted by Crippen LogP contribution is 2.13. The first kappa shape index (κ1) is 9.92. The predicted octanol–water partition coefficient (Wildman–Crippen LogP) is 1.76. The van der Waals surface area contributed by atoms with Crippen molar-refractivity contribution in [1.82, 2.24) is 4.40 Å². The van der Waals surface area contributed by atoms with Crippen molar-refractivity contribution >= 4 is 27.4 Å². The summed E-state index contributed by atoms with van der Waals surface area (Å²) in [5.74, 6) is -1.05. The van der Waals surface area contributed by atoms with Gasteiger partial charge < -0.3 is 5.11 Å². The highest BCUT2D eigenvalue weighted by molar-refractivity contribution is 9.10. The Bertz CT molecular complexity index is 603. The Morgan fingerprint density at radius 1 is 1.27 bits per heavy atom. The van der Waals surface area contributed by atoms with Gasteiger partial charge in [0.1, 0.15) is 0 Å². The van der Waals surface area contributed by atoms with Gasteiger partial charge in [-0.15, -0.1) is 0 Å². The Labute approximate surface area is 92.9 Å². The number of aromatic nitrogens is 1. The van der Waals surface area contributed by atoms with Crippen LogP contribution in [0.1, 0.15) is 10.4 Å². The number of carboxylic acids is 1. The van der Waals surface area contributed by atoms with Crippen molar-refractivity contribution in [3.8, 4) is 0 Å². The molecule has 0 aromatic carbocycles. The number of rotatable bonds is 1. The largest absolute Gasteiger partial charge is 0.478 e. The van der Waals surface area contributed by atoms with Crippen LogP contribution in [0.4, 0.5) is 0 Å². The van der Waals surface area contributed by atoms with E-state index < -0.39 is 5.97 Å². The van der Waals surface area contributed by atoms with Crippen LogP contribution in [-0.2, 0) is 0 Å². The molecule has 0 saturated carbocycles. The molecule has 0 amide bonds. The van der Waals surface area contributed by atoms with E-state index in [1.807, 2.05) is 0 Å². The normalized spacial score (nSPS) is 10.5. The van der Waals surface area contributed by atoms with E-state index in [0.717, 1.165) is 4.47 Å². The summed E-state index contributed by atoms with van der Waals surface area (Å²) in [7, 11) is 0. The van der Waals surface area contributed by atoms with Gasteiger partial charge in [-0.05, 0) is 34.1 Å². The van der Waals surface area contributed by atoms with E-state index in [4.69, 9.17) is 5.11 Å². The molecule has 0 fully saturated rings. The number of fused-ring (bicyclic) bond motifs is 1. The smallest absolute Gasteiger partial charge is 0.337 e. The van der Waals surface area contributed by atoms with Gasteiger partial charge in [0.25, 0.3) is 5.56 Å². The summed E-state index contributed by atoms with van der Waals surface area (Å²) < 4.78 is 2.02. The number of halogens is 1. The highest BCUT2D eigenvalue weighted by atomic mass is 79.9. The molecule has 2 aromatic rings. The molecule has 0 bridgehead atoms. The van der Waals surface area contributed by atoms with Crippen LogP contribution in [-0.4, -0.2) is 15.5 Å². The second-order valence-electron chi connectivity index (χ2n) is 2.99. The minimum atomic E-state index is -1.05. The van der Waals surface area contributed by atoms with Gasteiger partial charge in [0.2, 0.25) is 0 Å². The maximum absolute atomic E-state index is 11.5. The Kier molecular flexibility index (Phi) is 2.32. The molecule has 76 valence electrons. The number of hydrogen-bond acceptors (Lipinski definition) is 2. The lowest BCUT2D eigenvalue weighted by Crippen LogP contribution is -2.14. The van der Waals surface area contributed by atoms with Crippen LogP contribution in [0.15, 0.2) is 39.7 Å². The fourth-order valence-corrected chi connectivity index (χ4v) is 1.71. The minimum Gasteiger partial charge on any atom is -0.478 e. The van der Waals surface area contributed by atoms with Gasteiger partial charge in [0.15, 0.2) is 0 Å². The van der Waals surface area contributed by atoms with E-state index >= 15 is 0 Å². The zero-order valence-corrected chi connectivity index (χ0v) is 9.06. The van der Waals surface area contributed by atoms with Gasteiger partial charge in [0, 0.05) is 16.7 Å². The van der Waals surface area contributed by atoms with Crippen LogP contribution in [0.5, 0.6) is 0 Å². The SMILES string of the molecule is O=C(O)c1ccc(=O)n2cc(Br)ccc12. The van der Waals surface area contributed by atoms with Crippen LogP contribution in [0.25, 0.3) is 5.52 Å². The number of carboxylic acid groups (broad SMARTS) is 1. The Morgan fingerprint density at radius 2 is 2.00 bits per heavy atom. The van der Waals surface area contributed by atoms with Crippen molar-refractivity contribution in [2.45, 2.75) is 0 Å². The molecule has 0 aliphatic carbocycles. The topological polar surface area (TPSA) is 58.8 Å². The van der Waals surface area contributed by atoms with Gasteiger partial charge in [-0.2, -0.15) is 0 Å². The molecule has 1 N–H and O–H groups in total. The number of pyridine rings is 2. The number of hydrogen-bond donors (Lipinski definition) is 1. The zero-order valence-electron chi connectivity index (χ0n) is 7.48. The Balaban J connectivity index is 2.95. The Hall–Kier alpha value is -1.62. The maximum atomic E-state index is 11.5. The van der Waals surface area contributed by atoms with E-state index in [1.165, 1.54) is 16.5 Å². The van der Waals surface area contributed by atoms with Gasteiger partial charge >= 0.3 is 5.97 Å². The van der Waals surface area contributed by atoms with Crippen LogP contribution in [0.3, 0.4) is 0 Å². The summed E-state index contributed by atoms with van der Waals surface area (Å²) in [5, 5.41) is 8.92. The van der Waals surface area contributed by atoms with E-state index in [2.05, 4.69) is 15.9 Å². The first-order valence-electron chi connectivity index (χ1n) is 4.14. The third-order valence-corrected chi connectivity index (χ3v) is 2.52. The lowest BCUT2D eigenvalue weighted by Gasteiger charge is -2.03. The number of nitrogens with zero attached hydrogens (tertiary/aromatic N) is 1. The lowest BCUT2D eigenvalue weighted by atomic mass is 10.2. The molecule has 5 heteroatoms. The monoisotopic (exact) mass is 267 g/mol. The van der Waals surface area contributed by atoms with Crippen molar-refractivity contribution in [2.24, 2.45) is 0 Å². The molecule has 0 radical (unpaired) electrons. The average Bonchev–Trinajstić information content (AvgIpc) is 2.19. The zero-order chi connectivity index (χ0) is 11.0. The van der Waals surface area contributed by atoms with E-state index in [-0.39, 0.29) is 11.1 Å². The molecule has 0 unspecified atom stereocenters. The Morgan fingerprint density at radius 3 is 2.67 bits per heavy atom. The first-order chi connectivity index (χ1) is 7.09. The van der Waals surface area contributed by atoms with Gasteiger partial charge in [0.05, 0.1) is 11.1 Å². The maximum Gasteiger partial charge on any atom is 0.337 e. The molecule has 0 aliphatic rings. The second kappa shape index (κ2) is 3.51. The highest BCUT2D eigenvalue weighted by Gasteiger charge is 2.09. The number of aromatic carboxylic acids is 1. The fourth-order valence-electron chi connectivity index (χ4n) is 1.38. The first-order valence-corrected chi connectivity index (χ1v) is 4.93. The van der Waals surface area contributed by atoms with Gasteiger partial charge in [-0.1, -0.05) is 0 Å². The van der Waals surface area contributed by atoms with Crippen molar-refractivity contribution in [2.75, 3.05) is 0 Å². The molecule has 2 aromatic heterocycles. The molecule has 2 rings (SSSR count). The van der Waals surface area contributed by atoms with Crippen molar-refractivity contribution in [3.05, 3.63) is 50.9 Å². The third-order valence-electron chi connectivity index (χ3n) is 2.05. The summed E-state index contributed by atoms with van der Waals surface area (Å²) in [4.78, 5) is 22.3. The molecule has 0 saturated heterocycles. The van der Waals surface area contributed by atoms with Crippen molar-refractivity contribution < 1.29 is 9.90 Å². The van der Waals surface area contributed by atoms with E-state index in [1.54, 1.807) is 18.3 Å². The molecule has 0 spiro atoms. The van der Waals surface area contributed by atoms with Crippen molar-refractivity contribution in [1.29, 1.82) is 0 Å². The molecular weight excluding hydrogens is 262 g/mol. The van der Waals surface area contributed by atoms with Crippen LogP contribution in [0, 0.1) is 0 Å². The minimum absolute atomic E-state index is 0.113. The van der Waals surface area contributed by atoms with Gasteiger partial charge in [-0.25, -0.2) is 4.79 Å². The lowest BCUT2D eigenvalue weighted by molar-refractivity contribution is 0.0698. The van der Waals surface area contributed by atoms with E-state index in [0.29, 0.717) is 5.52 Å². The summed E-state index contributed by atoms with van der Waals surface area (Å²) in [6.07, 6.45) is 1.55. The van der Waals surface area contributed by atoms with Gasteiger partial charge in [-0.3, -0.25) is 9.20 Å². The molecule has 2 heterocycles. The number of carbonyl (C=O) groups is 1. The summed E-state index contributed by atoms with van der Waals surface area (Å²) in [6, 6.07) is 5.84. The second-order valence-corrected chi connectivity index (χ2v) is 3.91. The molecule has 4 nitrogen and oxygen atoms in total. The van der Waals surface area contributed by atoms with E-state index in [9.17, 15) is 9.59 Å². The molecule has 0 aliphatic heterocycles.